The van der Waals surface area contributed by atoms with E-state index in [1.165, 1.54) is 10.5 Å². The van der Waals surface area contributed by atoms with Gasteiger partial charge in [-0.15, -0.1) is 0 Å². The maximum Gasteiger partial charge on any atom is 0.319 e. The van der Waals surface area contributed by atoms with Crippen molar-refractivity contribution in [2.45, 2.75) is 25.9 Å². The lowest BCUT2D eigenvalue weighted by molar-refractivity contribution is 0.0827. The predicted octanol–water partition coefficient (Wildman–Crippen LogP) is 3.09. The highest BCUT2D eigenvalue weighted by molar-refractivity contribution is 5.97. The van der Waals surface area contributed by atoms with E-state index in [1.807, 2.05) is 31.2 Å². The molecule has 0 radical (unpaired) electrons. The quantitative estimate of drug-likeness (QED) is 0.838. The molecule has 1 heterocycles. The molecule has 148 valence electrons. The summed E-state index contributed by atoms with van der Waals surface area (Å²) in [5, 5.41) is 5.95. The first-order valence-corrected chi connectivity index (χ1v) is 9.58. The van der Waals surface area contributed by atoms with Gasteiger partial charge in [-0.2, -0.15) is 0 Å². The largest absolute Gasteiger partial charge is 0.345 e. The smallest absolute Gasteiger partial charge is 0.319 e. The van der Waals surface area contributed by atoms with Crippen LogP contribution in [0.15, 0.2) is 48.5 Å². The first-order chi connectivity index (χ1) is 13.4. The van der Waals surface area contributed by atoms with Gasteiger partial charge in [0.2, 0.25) is 0 Å². The Labute approximate surface area is 166 Å². The molecule has 1 fully saturated rings. The van der Waals surface area contributed by atoms with E-state index < -0.39 is 0 Å². The minimum absolute atomic E-state index is 0.0872. The summed E-state index contributed by atoms with van der Waals surface area (Å²) in [7, 11) is 3.42. The van der Waals surface area contributed by atoms with Gasteiger partial charge in [0.15, 0.2) is 0 Å². The van der Waals surface area contributed by atoms with Crippen LogP contribution in [0.3, 0.4) is 0 Å². The number of nitrogens with one attached hydrogen (secondary N) is 2. The van der Waals surface area contributed by atoms with Gasteiger partial charge in [0.1, 0.15) is 0 Å². The molecule has 0 unspecified atom stereocenters. The fourth-order valence-electron chi connectivity index (χ4n) is 3.43. The number of amides is 3. The number of carbonyl (C=O) groups is 2. The molecule has 1 atom stereocenters. The number of hydrogen-bond donors (Lipinski definition) is 2. The number of benzene rings is 2. The maximum atomic E-state index is 12.5. The van der Waals surface area contributed by atoms with Crippen LogP contribution in [0.2, 0.25) is 0 Å². The van der Waals surface area contributed by atoms with Crippen LogP contribution in [-0.2, 0) is 6.54 Å². The van der Waals surface area contributed by atoms with Crippen LogP contribution in [0.4, 0.5) is 10.5 Å². The van der Waals surface area contributed by atoms with E-state index in [-0.39, 0.29) is 18.0 Å². The highest BCUT2D eigenvalue weighted by Gasteiger charge is 2.24. The Morgan fingerprint density at radius 1 is 1.14 bits per heavy atom. The number of urea groups is 1. The molecule has 3 rings (SSSR count). The second kappa shape index (κ2) is 8.89. The van der Waals surface area contributed by atoms with E-state index in [0.717, 1.165) is 31.6 Å². The van der Waals surface area contributed by atoms with Crippen molar-refractivity contribution in [1.82, 2.24) is 15.1 Å². The summed E-state index contributed by atoms with van der Waals surface area (Å²) in [6, 6.07) is 15.6. The zero-order chi connectivity index (χ0) is 20.1. The summed E-state index contributed by atoms with van der Waals surface area (Å²) in [6.07, 6.45) is 0.929. The summed E-state index contributed by atoms with van der Waals surface area (Å²) < 4.78 is 0. The van der Waals surface area contributed by atoms with Crippen LogP contribution < -0.4 is 10.6 Å². The zero-order valence-corrected chi connectivity index (χ0v) is 16.7. The van der Waals surface area contributed by atoms with Gasteiger partial charge in [0, 0.05) is 51.0 Å². The standard InChI is InChI=1S/C22H28N4O2/c1-16-9-10-18(21(27)25(2)3)13-20(16)24-22(28)23-19-11-12-26(15-19)14-17-7-5-4-6-8-17/h4-10,13,19H,11-12,14-15H2,1-3H3,(H2,23,24,28)/t19-/m1/s1. The van der Waals surface area contributed by atoms with Crippen molar-refractivity contribution in [2.75, 3.05) is 32.5 Å². The van der Waals surface area contributed by atoms with Crippen molar-refractivity contribution in [3.05, 3.63) is 65.2 Å². The summed E-state index contributed by atoms with van der Waals surface area (Å²) in [5.74, 6) is -0.0872. The molecule has 6 heteroatoms. The van der Waals surface area contributed by atoms with E-state index in [4.69, 9.17) is 0 Å². The van der Waals surface area contributed by atoms with Crippen molar-refractivity contribution in [3.8, 4) is 0 Å². The molecule has 2 N–H and O–H groups in total. The molecular formula is C22H28N4O2. The topological polar surface area (TPSA) is 64.7 Å². The molecular weight excluding hydrogens is 352 g/mol. The number of hydrogen-bond acceptors (Lipinski definition) is 3. The van der Waals surface area contributed by atoms with Crippen molar-refractivity contribution in [1.29, 1.82) is 0 Å². The van der Waals surface area contributed by atoms with Crippen molar-refractivity contribution in [3.63, 3.8) is 0 Å². The second-order valence-electron chi connectivity index (χ2n) is 7.53. The van der Waals surface area contributed by atoms with Gasteiger partial charge >= 0.3 is 6.03 Å². The van der Waals surface area contributed by atoms with E-state index in [2.05, 4.69) is 27.7 Å². The summed E-state index contributed by atoms with van der Waals surface area (Å²) >= 11 is 0. The van der Waals surface area contributed by atoms with Crippen LogP contribution in [-0.4, -0.2) is 55.0 Å². The lowest BCUT2D eigenvalue weighted by Crippen LogP contribution is -2.39. The summed E-state index contributed by atoms with van der Waals surface area (Å²) in [6.45, 7) is 4.61. The molecule has 6 nitrogen and oxygen atoms in total. The van der Waals surface area contributed by atoms with Gasteiger partial charge < -0.3 is 15.5 Å². The number of carbonyl (C=O) groups excluding carboxylic acids is 2. The van der Waals surface area contributed by atoms with Gasteiger partial charge in [-0.25, -0.2) is 4.79 Å². The monoisotopic (exact) mass is 380 g/mol. The normalized spacial score (nSPS) is 16.6. The number of likely N-dealkylation sites (tertiary alicyclic amines) is 1. The van der Waals surface area contributed by atoms with E-state index in [0.29, 0.717) is 11.3 Å². The maximum absolute atomic E-state index is 12.5. The Kier molecular flexibility index (Phi) is 6.31. The highest BCUT2D eigenvalue weighted by Crippen LogP contribution is 2.18. The summed E-state index contributed by atoms with van der Waals surface area (Å²) in [4.78, 5) is 28.5. The molecule has 1 aliphatic heterocycles. The average Bonchev–Trinajstić information content (AvgIpc) is 3.10. The zero-order valence-electron chi connectivity index (χ0n) is 16.7. The number of aryl methyl sites for hydroxylation is 1. The van der Waals surface area contributed by atoms with Crippen LogP contribution in [0.5, 0.6) is 0 Å². The van der Waals surface area contributed by atoms with Crippen LogP contribution in [0.1, 0.15) is 27.9 Å². The minimum atomic E-state index is -0.232. The lowest BCUT2D eigenvalue weighted by atomic mass is 10.1. The molecule has 0 saturated carbocycles. The first kappa shape index (κ1) is 19.9. The highest BCUT2D eigenvalue weighted by atomic mass is 16.2. The van der Waals surface area contributed by atoms with Crippen molar-refractivity contribution in [2.24, 2.45) is 0 Å². The van der Waals surface area contributed by atoms with Gasteiger partial charge in [-0.3, -0.25) is 9.69 Å². The minimum Gasteiger partial charge on any atom is -0.345 e. The number of rotatable bonds is 5. The lowest BCUT2D eigenvalue weighted by Gasteiger charge is -2.18. The first-order valence-electron chi connectivity index (χ1n) is 9.58. The molecule has 0 bridgehead atoms. The van der Waals surface area contributed by atoms with Gasteiger partial charge in [0.25, 0.3) is 5.91 Å². The Bertz CT molecular complexity index is 836. The average molecular weight is 380 g/mol. The molecule has 3 amide bonds. The van der Waals surface area contributed by atoms with Crippen molar-refractivity contribution < 1.29 is 9.59 Å². The predicted molar refractivity (Wildman–Crippen MR) is 111 cm³/mol. The molecule has 2 aromatic carbocycles. The fraction of sp³-hybridized carbons (Fsp3) is 0.364. The summed E-state index contributed by atoms with van der Waals surface area (Å²) in [5.41, 5.74) is 3.42. The molecule has 0 aliphatic carbocycles. The molecule has 0 aromatic heterocycles. The van der Waals surface area contributed by atoms with Gasteiger partial charge in [0.05, 0.1) is 0 Å². The van der Waals surface area contributed by atoms with E-state index >= 15 is 0 Å². The fourth-order valence-corrected chi connectivity index (χ4v) is 3.43. The Hall–Kier alpha value is -2.86. The molecule has 1 aliphatic rings. The van der Waals surface area contributed by atoms with E-state index in [9.17, 15) is 9.59 Å². The molecule has 2 aromatic rings. The molecule has 28 heavy (non-hydrogen) atoms. The Balaban J connectivity index is 1.55. The van der Waals surface area contributed by atoms with Crippen LogP contribution in [0.25, 0.3) is 0 Å². The Morgan fingerprint density at radius 3 is 2.61 bits per heavy atom. The SMILES string of the molecule is Cc1ccc(C(=O)N(C)C)cc1NC(=O)N[C@@H]1CCN(Cc2ccccc2)C1. The van der Waals surface area contributed by atoms with Gasteiger partial charge in [-0.05, 0) is 36.6 Å². The van der Waals surface area contributed by atoms with Crippen molar-refractivity contribution >= 4 is 17.6 Å². The van der Waals surface area contributed by atoms with Crippen LogP contribution >= 0.6 is 0 Å². The third kappa shape index (κ3) is 5.10. The number of anilines is 1. The Morgan fingerprint density at radius 2 is 1.89 bits per heavy atom. The third-order valence-corrected chi connectivity index (χ3v) is 5.00. The third-order valence-electron chi connectivity index (χ3n) is 5.00. The number of nitrogens with zero attached hydrogens (tertiary/aromatic N) is 2. The van der Waals surface area contributed by atoms with Crippen LogP contribution in [0, 0.1) is 6.92 Å². The molecule has 0 spiro atoms. The molecule has 1 saturated heterocycles. The van der Waals surface area contributed by atoms with Gasteiger partial charge in [-0.1, -0.05) is 36.4 Å². The van der Waals surface area contributed by atoms with E-state index in [1.54, 1.807) is 26.2 Å². The second-order valence-corrected chi connectivity index (χ2v) is 7.53.